The molecule has 0 aliphatic rings. The molecule has 4 N–H and O–H groups in total. The first-order valence-corrected chi connectivity index (χ1v) is 3.19. The van der Waals surface area contributed by atoms with E-state index in [4.69, 9.17) is 10.9 Å². The molecule has 0 heterocycles. The molecule has 0 fully saturated rings. The maximum Gasteiger partial charge on any atom is 0.117 e. The Morgan fingerprint density at radius 2 is 2.09 bits per heavy atom. The largest absolute Gasteiger partial charge is 0.508 e. The molecule has 1 aromatic carbocycles. The summed E-state index contributed by atoms with van der Waals surface area (Å²) >= 11 is 0. The number of benzene rings is 1. The van der Waals surface area contributed by atoms with E-state index in [1.807, 2.05) is 6.07 Å². The van der Waals surface area contributed by atoms with E-state index in [0.29, 0.717) is 11.3 Å². The van der Waals surface area contributed by atoms with Crippen molar-refractivity contribution in [1.82, 2.24) is 0 Å². The average molecular weight is 150 g/mol. The fraction of sp³-hybridized carbons (Fsp3) is 0. The maximum absolute atomic E-state index is 9.05. The lowest BCUT2D eigenvalue weighted by Crippen LogP contribution is -2.08. The van der Waals surface area contributed by atoms with Crippen LogP contribution in [0, 0.1) is 0 Å². The van der Waals surface area contributed by atoms with Gasteiger partial charge in [-0.05, 0) is 12.1 Å². The number of hydrogen-bond donors (Lipinski definition) is 3. The smallest absolute Gasteiger partial charge is 0.117 e. The zero-order chi connectivity index (χ0) is 8.27. The van der Waals surface area contributed by atoms with E-state index in [1.54, 1.807) is 18.2 Å². The van der Waals surface area contributed by atoms with Crippen molar-refractivity contribution in [3.63, 3.8) is 0 Å². The molecular formula is C8H10N2O. The number of hydrogen-bond acceptors (Lipinski definition) is 3. The summed E-state index contributed by atoms with van der Waals surface area (Å²) < 4.78 is 0. The zero-order valence-electron chi connectivity index (χ0n) is 6.04. The number of nitrogens with two attached hydrogens (primary N) is 1. The normalized spacial score (nSPS) is 9.18. The summed E-state index contributed by atoms with van der Waals surface area (Å²) in [5, 5.41) is 9.05. The van der Waals surface area contributed by atoms with Crippen molar-refractivity contribution in [2.24, 2.45) is 5.84 Å². The topological polar surface area (TPSA) is 58.3 Å². The van der Waals surface area contributed by atoms with Gasteiger partial charge in [0.2, 0.25) is 0 Å². The van der Waals surface area contributed by atoms with Gasteiger partial charge in [0.25, 0.3) is 0 Å². The van der Waals surface area contributed by atoms with Crippen molar-refractivity contribution >= 4 is 11.4 Å². The number of aliphatic hydroxyl groups excluding tert-OH is 1. The Labute approximate surface area is 65.1 Å². The third-order valence-corrected chi connectivity index (χ3v) is 1.39. The first kappa shape index (κ1) is 7.63. The Kier molecular flexibility index (Phi) is 2.13. The van der Waals surface area contributed by atoms with Gasteiger partial charge in [0, 0.05) is 5.56 Å². The monoisotopic (exact) mass is 150 g/mol. The van der Waals surface area contributed by atoms with Crippen molar-refractivity contribution in [2.75, 3.05) is 5.43 Å². The summed E-state index contributed by atoms with van der Waals surface area (Å²) in [6, 6.07) is 7.12. The number of hydrazine groups is 1. The van der Waals surface area contributed by atoms with Gasteiger partial charge in [0.1, 0.15) is 5.76 Å². The van der Waals surface area contributed by atoms with Gasteiger partial charge in [-0.15, -0.1) is 0 Å². The molecule has 1 rings (SSSR count). The van der Waals surface area contributed by atoms with Crippen LogP contribution in [0.5, 0.6) is 0 Å². The number of nitrogens with one attached hydrogen (secondary N) is 1. The second kappa shape index (κ2) is 3.07. The van der Waals surface area contributed by atoms with E-state index < -0.39 is 0 Å². The van der Waals surface area contributed by atoms with Crippen LogP contribution < -0.4 is 11.3 Å². The number of anilines is 1. The van der Waals surface area contributed by atoms with Crippen LogP contribution in [0.4, 0.5) is 5.69 Å². The molecule has 58 valence electrons. The van der Waals surface area contributed by atoms with Gasteiger partial charge in [-0.1, -0.05) is 18.7 Å². The van der Waals surface area contributed by atoms with Crippen LogP contribution >= 0.6 is 0 Å². The molecule has 0 saturated heterocycles. The molecule has 0 atom stereocenters. The van der Waals surface area contributed by atoms with E-state index in [-0.39, 0.29) is 5.76 Å². The van der Waals surface area contributed by atoms with Crippen LogP contribution in [0.2, 0.25) is 0 Å². The lowest BCUT2D eigenvalue weighted by atomic mass is 10.1. The molecule has 0 radical (unpaired) electrons. The van der Waals surface area contributed by atoms with Crippen LogP contribution in [0.3, 0.4) is 0 Å². The third kappa shape index (κ3) is 1.50. The van der Waals surface area contributed by atoms with Gasteiger partial charge in [-0.25, -0.2) is 0 Å². The molecule has 0 amide bonds. The fourth-order valence-electron chi connectivity index (χ4n) is 0.861. The molecule has 1 aromatic rings. The number of para-hydroxylation sites is 1. The first-order chi connectivity index (χ1) is 5.25. The second-order valence-electron chi connectivity index (χ2n) is 2.14. The number of aliphatic hydroxyl groups is 1. The zero-order valence-corrected chi connectivity index (χ0v) is 6.04. The van der Waals surface area contributed by atoms with Gasteiger partial charge in [-0.2, -0.15) is 0 Å². The molecule has 11 heavy (non-hydrogen) atoms. The van der Waals surface area contributed by atoms with Gasteiger partial charge < -0.3 is 10.5 Å². The van der Waals surface area contributed by atoms with Crippen LogP contribution in [-0.4, -0.2) is 5.11 Å². The molecule has 3 nitrogen and oxygen atoms in total. The Balaban J connectivity index is 3.12. The Hall–Kier alpha value is -1.48. The highest BCUT2D eigenvalue weighted by atomic mass is 16.3. The van der Waals surface area contributed by atoms with Crippen molar-refractivity contribution in [3.05, 3.63) is 36.4 Å². The summed E-state index contributed by atoms with van der Waals surface area (Å²) in [6.45, 7) is 3.39. The van der Waals surface area contributed by atoms with Gasteiger partial charge in [-0.3, -0.25) is 5.84 Å². The van der Waals surface area contributed by atoms with E-state index in [9.17, 15) is 0 Å². The van der Waals surface area contributed by atoms with Crippen molar-refractivity contribution in [2.45, 2.75) is 0 Å². The van der Waals surface area contributed by atoms with E-state index in [1.165, 1.54) is 0 Å². The summed E-state index contributed by atoms with van der Waals surface area (Å²) in [5.74, 6) is 5.20. The lowest BCUT2D eigenvalue weighted by molar-refractivity contribution is 0.514. The SMILES string of the molecule is C=C(O)c1ccccc1NN. The molecule has 0 aliphatic heterocycles. The molecule has 3 heteroatoms. The number of rotatable bonds is 2. The van der Waals surface area contributed by atoms with Crippen molar-refractivity contribution in [1.29, 1.82) is 0 Å². The number of nitrogen functional groups attached to an aromatic ring is 1. The Bertz CT molecular complexity index is 271. The average Bonchev–Trinajstić information content (AvgIpc) is 2.04. The highest BCUT2D eigenvalue weighted by Gasteiger charge is 2.00. The van der Waals surface area contributed by atoms with Crippen molar-refractivity contribution in [3.8, 4) is 0 Å². The predicted octanol–water partition coefficient (Wildman–Crippen LogP) is 1.50. The summed E-state index contributed by atoms with van der Waals surface area (Å²) in [6.07, 6.45) is 0. The summed E-state index contributed by atoms with van der Waals surface area (Å²) in [4.78, 5) is 0. The van der Waals surface area contributed by atoms with Gasteiger partial charge >= 0.3 is 0 Å². The highest BCUT2D eigenvalue weighted by molar-refractivity contribution is 5.69. The Morgan fingerprint density at radius 1 is 1.45 bits per heavy atom. The minimum Gasteiger partial charge on any atom is -0.508 e. The maximum atomic E-state index is 9.05. The minimum atomic E-state index is 0.0125. The van der Waals surface area contributed by atoms with Crippen LogP contribution in [0.1, 0.15) is 5.56 Å². The molecule has 0 spiro atoms. The van der Waals surface area contributed by atoms with Gasteiger partial charge in [0.05, 0.1) is 5.69 Å². The van der Waals surface area contributed by atoms with Crippen molar-refractivity contribution < 1.29 is 5.11 Å². The second-order valence-corrected chi connectivity index (χ2v) is 2.14. The first-order valence-electron chi connectivity index (χ1n) is 3.19. The molecule has 0 aromatic heterocycles. The molecule has 0 saturated carbocycles. The van der Waals surface area contributed by atoms with E-state index in [2.05, 4.69) is 12.0 Å². The van der Waals surface area contributed by atoms with Crippen LogP contribution in [0.25, 0.3) is 5.76 Å². The van der Waals surface area contributed by atoms with E-state index in [0.717, 1.165) is 0 Å². The quantitative estimate of drug-likeness (QED) is 0.340. The predicted molar refractivity (Wildman–Crippen MR) is 45.9 cm³/mol. The minimum absolute atomic E-state index is 0.0125. The molecule has 0 bridgehead atoms. The lowest BCUT2D eigenvalue weighted by Gasteiger charge is -2.05. The van der Waals surface area contributed by atoms with Crippen LogP contribution in [0.15, 0.2) is 30.8 Å². The summed E-state index contributed by atoms with van der Waals surface area (Å²) in [5.41, 5.74) is 3.74. The van der Waals surface area contributed by atoms with E-state index >= 15 is 0 Å². The molecule has 0 unspecified atom stereocenters. The molecular weight excluding hydrogens is 140 g/mol. The fourth-order valence-corrected chi connectivity index (χ4v) is 0.861. The van der Waals surface area contributed by atoms with Gasteiger partial charge in [0.15, 0.2) is 0 Å². The highest BCUT2D eigenvalue weighted by Crippen LogP contribution is 2.18. The standard InChI is InChI=1S/C8H10N2O/c1-6(11)7-4-2-3-5-8(7)10-9/h2-5,10-11H,1,9H2. The molecule has 0 aliphatic carbocycles. The third-order valence-electron chi connectivity index (χ3n) is 1.39. The summed E-state index contributed by atoms with van der Waals surface area (Å²) in [7, 11) is 0. The Morgan fingerprint density at radius 3 is 2.55 bits per heavy atom. The van der Waals surface area contributed by atoms with Crippen LogP contribution in [-0.2, 0) is 0 Å².